The fourth-order valence-electron chi connectivity index (χ4n) is 5.19. The average molecular weight is 639 g/mol. The first-order chi connectivity index (χ1) is 19.2. The monoisotopic (exact) mass is 637 g/mol. The summed E-state index contributed by atoms with van der Waals surface area (Å²) in [7, 11) is 0. The molecule has 0 bridgehead atoms. The number of H-pyrrole nitrogens is 1. The minimum absolute atomic E-state index is 0.142. The number of halogens is 1. The number of nitro benzene ring substituents is 1. The Labute approximate surface area is 244 Å². The fraction of sp³-hybridized carbons (Fsp3) is 0.179. The lowest BCUT2D eigenvalue weighted by Gasteiger charge is -2.31. The van der Waals surface area contributed by atoms with Gasteiger partial charge in [0, 0.05) is 33.0 Å². The number of aromatic amines is 1. The van der Waals surface area contributed by atoms with Crippen LogP contribution in [0, 0.1) is 23.0 Å². The number of rotatable bonds is 6. The van der Waals surface area contributed by atoms with Crippen molar-refractivity contribution in [3.63, 3.8) is 0 Å². The van der Waals surface area contributed by atoms with Crippen molar-refractivity contribution in [2.75, 3.05) is 4.90 Å². The van der Waals surface area contributed by atoms with E-state index >= 15 is 0 Å². The molecule has 4 aromatic rings. The van der Waals surface area contributed by atoms with Crippen LogP contribution in [-0.2, 0) is 16.2 Å². The number of nitrogens with one attached hydrogen (secondary N) is 1. The van der Waals surface area contributed by atoms with Crippen molar-refractivity contribution in [1.29, 1.82) is 0 Å². The number of aromatic nitrogens is 1. The Hall–Kier alpha value is -3.74. The first kappa shape index (κ1) is 26.5. The molecule has 1 saturated heterocycles. The summed E-state index contributed by atoms with van der Waals surface area (Å²) in [5.41, 5.74) is 2.88. The highest BCUT2D eigenvalue weighted by molar-refractivity contribution is 9.10. The van der Waals surface area contributed by atoms with Crippen LogP contribution >= 0.6 is 39.0 Å². The van der Waals surface area contributed by atoms with Crippen LogP contribution in [0.15, 0.2) is 81.0 Å². The molecule has 0 aliphatic carbocycles. The van der Waals surface area contributed by atoms with E-state index in [0.717, 1.165) is 31.8 Å². The molecule has 3 heterocycles. The lowest BCUT2D eigenvalue weighted by atomic mass is 9.82. The number of anilines is 1. The zero-order chi connectivity index (χ0) is 28.1. The number of thioether (sulfide) groups is 1. The number of nitro groups is 1. The van der Waals surface area contributed by atoms with Gasteiger partial charge in [0.15, 0.2) is 0 Å². The predicted molar refractivity (Wildman–Crippen MR) is 155 cm³/mol. The summed E-state index contributed by atoms with van der Waals surface area (Å²) in [6, 6.07) is 18.8. The van der Waals surface area contributed by atoms with Gasteiger partial charge in [-0.25, -0.2) is 4.90 Å². The topological polar surface area (TPSA) is 123 Å². The van der Waals surface area contributed by atoms with Crippen molar-refractivity contribution in [2.24, 2.45) is 5.92 Å². The van der Waals surface area contributed by atoms with E-state index < -0.39 is 33.8 Å². The van der Waals surface area contributed by atoms with E-state index in [1.54, 1.807) is 0 Å². The molecule has 3 aromatic carbocycles. The maximum Gasteiger partial charge on any atom is 0.305 e. The second kappa shape index (κ2) is 10.3. The molecule has 2 aliphatic rings. The molecule has 3 atom stereocenters. The van der Waals surface area contributed by atoms with E-state index in [0.29, 0.717) is 27.8 Å². The highest BCUT2D eigenvalue weighted by Gasteiger charge is 2.56. The minimum Gasteiger partial charge on any atom is -0.489 e. The minimum atomic E-state index is -0.817. The summed E-state index contributed by atoms with van der Waals surface area (Å²) >= 11 is 5.72. The van der Waals surface area contributed by atoms with Gasteiger partial charge in [-0.3, -0.25) is 24.5 Å². The van der Waals surface area contributed by atoms with E-state index in [2.05, 4.69) is 20.9 Å². The summed E-state index contributed by atoms with van der Waals surface area (Å²) in [5.74, 6) is -1.77. The number of nitrogens with zero attached hydrogens (tertiary/aromatic N) is 2. The SMILES string of the molecule is Cc1cccc(COc2ccc(Br)cc2[C@H]2c3sc(=O)[nH]c3SC3C(=O)N(c4ccc([N+](=O)[O-])cc4)C(=O)C32)c1. The van der Waals surface area contributed by atoms with Crippen LogP contribution in [-0.4, -0.2) is 27.0 Å². The second-order valence-electron chi connectivity index (χ2n) is 9.50. The largest absolute Gasteiger partial charge is 0.489 e. The lowest BCUT2D eigenvalue weighted by Crippen LogP contribution is -2.32. The number of ether oxygens (including phenoxy) is 1. The molecule has 1 N–H and O–H groups in total. The Morgan fingerprint density at radius 2 is 1.82 bits per heavy atom. The molecular weight excluding hydrogens is 618 g/mol. The summed E-state index contributed by atoms with van der Waals surface area (Å²) < 4.78 is 7.04. The van der Waals surface area contributed by atoms with Gasteiger partial charge in [-0.1, -0.05) is 68.9 Å². The molecule has 1 aromatic heterocycles. The van der Waals surface area contributed by atoms with Crippen molar-refractivity contribution in [1.82, 2.24) is 4.98 Å². The van der Waals surface area contributed by atoms with Gasteiger partial charge in [0.25, 0.3) is 5.69 Å². The molecule has 202 valence electrons. The van der Waals surface area contributed by atoms with Gasteiger partial charge < -0.3 is 9.72 Å². The van der Waals surface area contributed by atoms with Crippen molar-refractivity contribution >= 4 is 62.2 Å². The smallest absolute Gasteiger partial charge is 0.305 e. The molecule has 2 unspecified atom stereocenters. The Morgan fingerprint density at radius 1 is 1.05 bits per heavy atom. The lowest BCUT2D eigenvalue weighted by molar-refractivity contribution is -0.384. The fourth-order valence-corrected chi connectivity index (χ4v) is 8.07. The Morgan fingerprint density at radius 3 is 2.55 bits per heavy atom. The predicted octanol–water partition coefficient (Wildman–Crippen LogP) is 5.79. The Kier molecular flexibility index (Phi) is 6.85. The van der Waals surface area contributed by atoms with Crippen LogP contribution in [0.2, 0.25) is 0 Å². The zero-order valence-corrected chi connectivity index (χ0v) is 24.0. The van der Waals surface area contributed by atoms with E-state index in [-0.39, 0.29) is 16.2 Å². The quantitative estimate of drug-likeness (QED) is 0.161. The molecule has 1 fully saturated rings. The van der Waals surface area contributed by atoms with E-state index in [4.69, 9.17) is 4.74 Å². The molecule has 0 spiro atoms. The van der Waals surface area contributed by atoms with Gasteiger partial charge >= 0.3 is 4.87 Å². The normalized spacial score (nSPS) is 19.9. The van der Waals surface area contributed by atoms with Crippen LogP contribution in [0.3, 0.4) is 0 Å². The molecule has 2 amide bonds. The van der Waals surface area contributed by atoms with Crippen LogP contribution in [0.25, 0.3) is 0 Å². The highest BCUT2D eigenvalue weighted by Crippen LogP contribution is 2.54. The number of aryl methyl sites for hydroxylation is 1. The number of hydrogen-bond donors (Lipinski definition) is 1. The summed E-state index contributed by atoms with van der Waals surface area (Å²) in [6.45, 7) is 2.30. The molecule has 0 saturated carbocycles. The van der Waals surface area contributed by atoms with Crippen LogP contribution < -0.4 is 14.5 Å². The first-order valence-electron chi connectivity index (χ1n) is 12.2. The first-order valence-corrected chi connectivity index (χ1v) is 14.7. The van der Waals surface area contributed by atoms with Gasteiger partial charge in [-0.15, -0.1) is 0 Å². The van der Waals surface area contributed by atoms with E-state index in [1.165, 1.54) is 36.0 Å². The van der Waals surface area contributed by atoms with Crippen LogP contribution in [0.1, 0.15) is 27.5 Å². The number of carbonyl (C=O) groups is 2. The summed E-state index contributed by atoms with van der Waals surface area (Å²) in [6.07, 6.45) is 0. The maximum absolute atomic E-state index is 14.0. The summed E-state index contributed by atoms with van der Waals surface area (Å²) in [5, 5.41) is 10.9. The van der Waals surface area contributed by atoms with Gasteiger partial charge in [0.05, 0.1) is 21.6 Å². The molecule has 40 heavy (non-hydrogen) atoms. The maximum atomic E-state index is 14.0. The van der Waals surface area contributed by atoms with Gasteiger partial charge in [0.2, 0.25) is 11.8 Å². The average Bonchev–Trinajstić information content (AvgIpc) is 3.42. The number of benzene rings is 3. The summed E-state index contributed by atoms with van der Waals surface area (Å²) in [4.78, 5) is 55.0. The van der Waals surface area contributed by atoms with Crippen molar-refractivity contribution in [2.45, 2.75) is 29.7 Å². The van der Waals surface area contributed by atoms with Crippen molar-refractivity contribution in [3.8, 4) is 5.75 Å². The number of carbonyl (C=O) groups excluding carboxylic acids is 2. The molecule has 2 aliphatic heterocycles. The third kappa shape index (κ3) is 4.65. The number of non-ortho nitro benzene ring substituents is 1. The third-order valence-electron chi connectivity index (χ3n) is 6.93. The molecule has 12 heteroatoms. The van der Waals surface area contributed by atoms with Gasteiger partial charge in [-0.2, -0.15) is 0 Å². The number of amides is 2. The molecule has 6 rings (SSSR count). The number of hydrogen-bond acceptors (Lipinski definition) is 8. The van der Waals surface area contributed by atoms with E-state index in [1.807, 2.05) is 49.4 Å². The van der Waals surface area contributed by atoms with Crippen molar-refractivity contribution in [3.05, 3.63) is 113 Å². The Bertz CT molecular complexity index is 1730. The van der Waals surface area contributed by atoms with Gasteiger partial charge in [-0.05, 0) is 42.8 Å². The number of fused-ring (bicyclic) bond motifs is 2. The molecule has 0 radical (unpaired) electrons. The van der Waals surface area contributed by atoms with Crippen molar-refractivity contribution < 1.29 is 19.2 Å². The third-order valence-corrected chi connectivity index (χ3v) is 9.82. The zero-order valence-electron chi connectivity index (χ0n) is 20.8. The standard InChI is InChI=1S/C28H20BrN3O6S2/c1-14-3-2-4-15(11-14)13-38-20-10-5-16(29)12-19(20)21-22-24(39-25-23(21)40-28(35)30-25)27(34)31(26(22)33)17-6-8-18(9-7-17)32(36)37/h2-12,21-22,24H,13H2,1H3,(H,30,35)/t21-,22?,24?/m1/s1. The molecular formula is C28H20BrN3O6S2. The van der Waals surface area contributed by atoms with E-state index in [9.17, 15) is 24.5 Å². The van der Waals surface area contributed by atoms with Crippen LogP contribution in [0.5, 0.6) is 5.75 Å². The second-order valence-corrected chi connectivity index (χ2v) is 12.6. The highest BCUT2D eigenvalue weighted by atomic mass is 79.9. The number of thiazole rings is 1. The number of imide groups is 1. The molecule has 9 nitrogen and oxygen atoms in total. The van der Waals surface area contributed by atoms with Crippen LogP contribution in [0.4, 0.5) is 11.4 Å². The Balaban J connectivity index is 1.43. The van der Waals surface area contributed by atoms with Gasteiger partial charge in [0.1, 0.15) is 17.6 Å².